The first-order valence-corrected chi connectivity index (χ1v) is 5.61. The van der Waals surface area contributed by atoms with Gasteiger partial charge in [0, 0.05) is 0 Å². The molecule has 2 N–H and O–H groups in total. The van der Waals surface area contributed by atoms with Gasteiger partial charge in [-0.2, -0.15) is 0 Å². The first-order valence-electron chi connectivity index (χ1n) is 5.61. The van der Waals surface area contributed by atoms with Gasteiger partial charge in [0.05, 0.1) is 24.0 Å². The Morgan fingerprint density at radius 1 is 1.24 bits per heavy atom. The molecule has 2 rings (SSSR count). The normalized spacial score (nSPS) is 15.4. The number of para-hydroxylation sites is 2. The standard InChI is InChI=1S/C12H17N3O2/c1-9(16)15(10(2)17)8-14-7-13-11-5-3-4-6-12(11)14/h3-7,9-10,16-17H,8H2,1-2H3. The van der Waals surface area contributed by atoms with Crippen LogP contribution in [0.25, 0.3) is 11.0 Å². The van der Waals surface area contributed by atoms with Gasteiger partial charge in [-0.1, -0.05) is 12.1 Å². The molecule has 0 amide bonds. The minimum atomic E-state index is -0.712. The Hall–Kier alpha value is -1.43. The van der Waals surface area contributed by atoms with E-state index in [4.69, 9.17) is 0 Å². The summed E-state index contributed by atoms with van der Waals surface area (Å²) in [7, 11) is 0. The summed E-state index contributed by atoms with van der Waals surface area (Å²) in [4.78, 5) is 5.83. The molecular formula is C12H17N3O2. The van der Waals surface area contributed by atoms with Crippen LogP contribution in [0.5, 0.6) is 0 Å². The van der Waals surface area contributed by atoms with Crippen molar-refractivity contribution < 1.29 is 10.2 Å². The van der Waals surface area contributed by atoms with E-state index in [0.717, 1.165) is 11.0 Å². The highest BCUT2D eigenvalue weighted by molar-refractivity contribution is 5.74. The predicted octanol–water partition coefficient (Wildman–Crippen LogP) is 0.972. The van der Waals surface area contributed by atoms with Crippen molar-refractivity contribution in [3.8, 4) is 0 Å². The molecule has 1 heterocycles. The van der Waals surface area contributed by atoms with Crippen LogP contribution in [-0.4, -0.2) is 37.1 Å². The van der Waals surface area contributed by atoms with E-state index in [1.54, 1.807) is 25.1 Å². The predicted molar refractivity (Wildman–Crippen MR) is 64.9 cm³/mol. The summed E-state index contributed by atoms with van der Waals surface area (Å²) < 4.78 is 1.90. The van der Waals surface area contributed by atoms with Gasteiger partial charge >= 0.3 is 0 Å². The van der Waals surface area contributed by atoms with Crippen LogP contribution >= 0.6 is 0 Å². The summed E-state index contributed by atoms with van der Waals surface area (Å²) in [5, 5.41) is 19.2. The van der Waals surface area contributed by atoms with Crippen molar-refractivity contribution in [3.05, 3.63) is 30.6 Å². The first kappa shape index (κ1) is 12.0. The van der Waals surface area contributed by atoms with Gasteiger partial charge in [-0.25, -0.2) is 9.88 Å². The Morgan fingerprint density at radius 2 is 1.88 bits per heavy atom. The molecule has 0 aliphatic rings. The van der Waals surface area contributed by atoms with Crippen LogP contribution in [0.2, 0.25) is 0 Å². The number of hydrogen-bond acceptors (Lipinski definition) is 4. The quantitative estimate of drug-likeness (QED) is 0.775. The molecule has 0 saturated carbocycles. The number of nitrogens with zero attached hydrogens (tertiary/aromatic N) is 3. The van der Waals surface area contributed by atoms with E-state index in [-0.39, 0.29) is 0 Å². The second-order valence-corrected chi connectivity index (χ2v) is 4.12. The van der Waals surface area contributed by atoms with Gasteiger partial charge < -0.3 is 14.8 Å². The number of hydrogen-bond donors (Lipinski definition) is 2. The number of benzene rings is 1. The maximum absolute atomic E-state index is 9.59. The highest BCUT2D eigenvalue weighted by Gasteiger charge is 2.17. The first-order chi connectivity index (χ1) is 8.09. The molecule has 1 aromatic heterocycles. The Labute approximate surface area is 99.9 Å². The molecule has 0 bridgehead atoms. The van der Waals surface area contributed by atoms with Crippen LogP contribution in [0.3, 0.4) is 0 Å². The van der Waals surface area contributed by atoms with Crippen LogP contribution in [0.15, 0.2) is 30.6 Å². The van der Waals surface area contributed by atoms with E-state index < -0.39 is 12.5 Å². The van der Waals surface area contributed by atoms with E-state index in [1.807, 2.05) is 28.8 Å². The summed E-state index contributed by atoms with van der Waals surface area (Å²) in [6, 6.07) is 7.77. The molecule has 5 heteroatoms. The molecule has 17 heavy (non-hydrogen) atoms. The van der Waals surface area contributed by atoms with E-state index in [2.05, 4.69) is 4.98 Å². The van der Waals surface area contributed by atoms with Gasteiger partial charge in [-0.05, 0) is 26.0 Å². The van der Waals surface area contributed by atoms with Gasteiger partial charge in [-0.15, -0.1) is 0 Å². The zero-order valence-corrected chi connectivity index (χ0v) is 9.98. The highest BCUT2D eigenvalue weighted by atomic mass is 16.3. The van der Waals surface area contributed by atoms with Crippen molar-refractivity contribution in [2.75, 3.05) is 0 Å². The second-order valence-electron chi connectivity index (χ2n) is 4.12. The fourth-order valence-corrected chi connectivity index (χ4v) is 1.85. The van der Waals surface area contributed by atoms with Gasteiger partial charge in [-0.3, -0.25) is 0 Å². The van der Waals surface area contributed by atoms with Crippen LogP contribution in [0.4, 0.5) is 0 Å². The van der Waals surface area contributed by atoms with Crippen LogP contribution in [-0.2, 0) is 6.67 Å². The minimum absolute atomic E-state index is 0.399. The summed E-state index contributed by atoms with van der Waals surface area (Å²) in [5.41, 5.74) is 1.89. The van der Waals surface area contributed by atoms with E-state index in [1.165, 1.54) is 0 Å². The molecule has 1 aromatic carbocycles. The Kier molecular flexibility index (Phi) is 3.42. The van der Waals surface area contributed by atoms with E-state index in [9.17, 15) is 10.2 Å². The SMILES string of the molecule is CC(O)N(Cn1cnc2ccccc21)C(C)O. The summed E-state index contributed by atoms with van der Waals surface area (Å²) in [6.45, 7) is 3.66. The Morgan fingerprint density at radius 3 is 2.53 bits per heavy atom. The lowest BCUT2D eigenvalue weighted by atomic mass is 10.3. The van der Waals surface area contributed by atoms with Gasteiger partial charge in [0.25, 0.3) is 0 Å². The van der Waals surface area contributed by atoms with Crippen LogP contribution in [0, 0.1) is 0 Å². The van der Waals surface area contributed by atoms with Crippen LogP contribution < -0.4 is 0 Å². The number of aliphatic hydroxyl groups excluding tert-OH is 2. The fraction of sp³-hybridized carbons (Fsp3) is 0.417. The van der Waals surface area contributed by atoms with Crippen molar-refractivity contribution >= 4 is 11.0 Å². The lowest BCUT2D eigenvalue weighted by molar-refractivity contribution is -0.101. The molecule has 0 fully saturated rings. The van der Waals surface area contributed by atoms with Crippen molar-refractivity contribution in [1.29, 1.82) is 0 Å². The smallest absolute Gasteiger partial charge is 0.107 e. The monoisotopic (exact) mass is 235 g/mol. The van der Waals surface area contributed by atoms with Gasteiger partial charge in [0.1, 0.15) is 12.5 Å². The molecule has 0 spiro atoms. The zero-order valence-electron chi connectivity index (χ0n) is 9.98. The zero-order chi connectivity index (χ0) is 12.4. The van der Waals surface area contributed by atoms with Crippen molar-refractivity contribution in [3.63, 3.8) is 0 Å². The van der Waals surface area contributed by atoms with E-state index in [0.29, 0.717) is 6.67 Å². The average Bonchev–Trinajstić information content (AvgIpc) is 2.68. The topological polar surface area (TPSA) is 61.5 Å². The van der Waals surface area contributed by atoms with Gasteiger partial charge in [0.15, 0.2) is 0 Å². The minimum Gasteiger partial charge on any atom is -0.379 e. The summed E-state index contributed by atoms with van der Waals surface area (Å²) in [6.07, 6.45) is 0.287. The number of fused-ring (bicyclic) bond motifs is 1. The van der Waals surface area contributed by atoms with Crippen LogP contribution in [0.1, 0.15) is 13.8 Å². The van der Waals surface area contributed by atoms with Gasteiger partial charge in [0.2, 0.25) is 0 Å². The molecule has 0 radical (unpaired) electrons. The van der Waals surface area contributed by atoms with Crippen molar-refractivity contribution in [2.24, 2.45) is 0 Å². The second kappa shape index (κ2) is 4.83. The van der Waals surface area contributed by atoms with Crippen molar-refractivity contribution in [2.45, 2.75) is 33.0 Å². The maximum atomic E-state index is 9.59. The maximum Gasteiger partial charge on any atom is 0.107 e. The molecule has 0 aliphatic carbocycles. The Balaban J connectivity index is 2.28. The molecule has 0 saturated heterocycles. The molecule has 2 atom stereocenters. The molecule has 0 aliphatic heterocycles. The molecule has 2 aromatic rings. The number of rotatable bonds is 4. The summed E-state index contributed by atoms with van der Waals surface area (Å²) in [5.74, 6) is 0. The van der Waals surface area contributed by atoms with E-state index >= 15 is 0 Å². The van der Waals surface area contributed by atoms with Crippen molar-refractivity contribution in [1.82, 2.24) is 14.5 Å². The molecular weight excluding hydrogens is 218 g/mol. The lowest BCUT2D eigenvalue weighted by Gasteiger charge is -2.28. The summed E-state index contributed by atoms with van der Waals surface area (Å²) >= 11 is 0. The number of aliphatic hydroxyl groups is 2. The Bertz CT molecular complexity index is 485. The third-order valence-electron chi connectivity index (χ3n) is 2.80. The molecule has 2 unspecified atom stereocenters. The number of aromatic nitrogens is 2. The molecule has 92 valence electrons. The third-order valence-corrected chi connectivity index (χ3v) is 2.80. The highest BCUT2D eigenvalue weighted by Crippen LogP contribution is 2.14. The number of imidazole rings is 1. The molecule has 5 nitrogen and oxygen atoms in total. The average molecular weight is 235 g/mol. The third kappa shape index (κ3) is 2.46. The largest absolute Gasteiger partial charge is 0.379 e. The lowest BCUT2D eigenvalue weighted by Crippen LogP contribution is -2.41. The fourth-order valence-electron chi connectivity index (χ4n) is 1.85.